The molecule has 3 fully saturated rings. The van der Waals surface area contributed by atoms with Gasteiger partial charge in [0.1, 0.15) is 0 Å². The third-order valence-corrected chi connectivity index (χ3v) is 8.18. The monoisotopic (exact) mass is 526 g/mol. The number of halogens is 1. The molecule has 2 aliphatic heterocycles. The summed E-state index contributed by atoms with van der Waals surface area (Å²) in [5, 5.41) is 7.45. The van der Waals surface area contributed by atoms with E-state index in [9.17, 15) is 9.59 Å². The van der Waals surface area contributed by atoms with E-state index in [-0.39, 0.29) is 23.8 Å². The maximum Gasteiger partial charge on any atom is 0.251 e. The topological polar surface area (TPSA) is 73.9 Å². The van der Waals surface area contributed by atoms with Gasteiger partial charge in [0.15, 0.2) is 5.11 Å². The van der Waals surface area contributed by atoms with Gasteiger partial charge in [-0.15, -0.1) is 0 Å². The van der Waals surface area contributed by atoms with Gasteiger partial charge >= 0.3 is 0 Å². The van der Waals surface area contributed by atoms with Crippen LogP contribution in [-0.2, 0) is 22.6 Å². The van der Waals surface area contributed by atoms with Crippen LogP contribution in [0.3, 0.4) is 0 Å². The second-order valence-electron chi connectivity index (χ2n) is 9.67. The minimum Gasteiger partial charge on any atom is -0.379 e. The fourth-order valence-electron chi connectivity index (χ4n) is 5.42. The lowest BCUT2D eigenvalue weighted by atomic mass is 9.79. The minimum absolute atomic E-state index is 0.0758. The van der Waals surface area contributed by atoms with Crippen LogP contribution in [0.2, 0.25) is 5.02 Å². The molecule has 2 aromatic carbocycles. The SMILES string of the molecule is O=C(NCc1ccccc1Cl)c1ccc(CN2C(=O)C3CC(N4CCOCC4)CCC3NC2=S)cc1. The number of fused-ring (bicyclic) bond motifs is 1. The fraction of sp³-hybridized carbons (Fsp3) is 0.444. The normalized spacial score (nSPS) is 24.7. The number of rotatable bonds is 6. The molecule has 0 spiro atoms. The van der Waals surface area contributed by atoms with E-state index in [1.807, 2.05) is 30.3 Å². The largest absolute Gasteiger partial charge is 0.379 e. The van der Waals surface area contributed by atoms with E-state index in [1.165, 1.54) is 0 Å². The van der Waals surface area contributed by atoms with Crippen molar-refractivity contribution in [2.75, 3.05) is 26.3 Å². The molecular formula is C27H31ClN4O3S. The van der Waals surface area contributed by atoms with Crippen molar-refractivity contribution in [2.24, 2.45) is 5.92 Å². The predicted octanol–water partition coefficient (Wildman–Crippen LogP) is 3.36. The molecule has 0 radical (unpaired) electrons. The summed E-state index contributed by atoms with van der Waals surface area (Å²) in [4.78, 5) is 30.3. The Balaban J connectivity index is 1.19. The lowest BCUT2D eigenvalue weighted by Gasteiger charge is -2.46. The number of hydrogen-bond donors (Lipinski definition) is 2. The first-order chi connectivity index (χ1) is 17.5. The van der Waals surface area contributed by atoms with Crippen LogP contribution in [-0.4, -0.2) is 65.1 Å². The Morgan fingerprint density at radius 3 is 2.61 bits per heavy atom. The van der Waals surface area contributed by atoms with Crippen LogP contribution in [0.15, 0.2) is 48.5 Å². The van der Waals surface area contributed by atoms with E-state index in [2.05, 4.69) is 15.5 Å². The van der Waals surface area contributed by atoms with Crippen LogP contribution < -0.4 is 10.6 Å². The lowest BCUT2D eigenvalue weighted by molar-refractivity contribution is -0.136. The van der Waals surface area contributed by atoms with Crippen molar-refractivity contribution >= 4 is 40.7 Å². The number of nitrogens with one attached hydrogen (secondary N) is 2. The zero-order valence-corrected chi connectivity index (χ0v) is 21.7. The predicted molar refractivity (Wildman–Crippen MR) is 143 cm³/mol. The summed E-state index contributed by atoms with van der Waals surface area (Å²) in [5.41, 5.74) is 2.34. The van der Waals surface area contributed by atoms with Crippen LogP contribution in [0.25, 0.3) is 0 Å². The average Bonchev–Trinajstić information content (AvgIpc) is 2.91. The second kappa shape index (κ2) is 11.3. The third kappa shape index (κ3) is 5.57. The molecule has 36 heavy (non-hydrogen) atoms. The molecule has 2 saturated heterocycles. The Kier molecular flexibility index (Phi) is 7.86. The number of amides is 2. The van der Waals surface area contributed by atoms with E-state index in [0.29, 0.717) is 34.8 Å². The first kappa shape index (κ1) is 25.1. The number of benzene rings is 2. The minimum atomic E-state index is -0.174. The summed E-state index contributed by atoms with van der Waals surface area (Å²) in [6.07, 6.45) is 2.87. The molecule has 1 aliphatic carbocycles. The van der Waals surface area contributed by atoms with Crippen molar-refractivity contribution in [1.29, 1.82) is 0 Å². The van der Waals surface area contributed by atoms with Crippen molar-refractivity contribution in [3.63, 3.8) is 0 Å². The molecule has 2 N–H and O–H groups in total. The summed E-state index contributed by atoms with van der Waals surface area (Å²) in [6.45, 7) is 4.14. The molecule has 2 amide bonds. The molecule has 5 rings (SSSR count). The maximum atomic E-state index is 13.5. The van der Waals surface area contributed by atoms with Crippen LogP contribution in [0.5, 0.6) is 0 Å². The lowest BCUT2D eigenvalue weighted by Crippen LogP contribution is -2.62. The van der Waals surface area contributed by atoms with Gasteiger partial charge in [-0.25, -0.2) is 0 Å². The van der Waals surface area contributed by atoms with Gasteiger partial charge in [0.05, 0.1) is 25.7 Å². The zero-order valence-electron chi connectivity index (χ0n) is 20.1. The van der Waals surface area contributed by atoms with Crippen LogP contribution in [0, 0.1) is 5.92 Å². The van der Waals surface area contributed by atoms with Crippen molar-refractivity contribution in [3.05, 3.63) is 70.2 Å². The highest BCUT2D eigenvalue weighted by Crippen LogP contribution is 2.33. The van der Waals surface area contributed by atoms with Gasteiger partial charge in [-0.05, 0) is 60.8 Å². The first-order valence-corrected chi connectivity index (χ1v) is 13.3. The molecule has 3 aliphatic rings. The number of hydrogen-bond acceptors (Lipinski definition) is 5. The van der Waals surface area contributed by atoms with E-state index in [4.69, 9.17) is 28.6 Å². The Hall–Kier alpha value is -2.52. The van der Waals surface area contributed by atoms with Crippen molar-refractivity contribution in [2.45, 2.75) is 44.4 Å². The fourth-order valence-corrected chi connectivity index (χ4v) is 5.93. The van der Waals surface area contributed by atoms with Crippen LogP contribution in [0.4, 0.5) is 0 Å². The summed E-state index contributed by atoms with van der Waals surface area (Å²) >= 11 is 11.8. The van der Waals surface area contributed by atoms with Gasteiger partial charge < -0.3 is 15.4 Å². The first-order valence-electron chi connectivity index (χ1n) is 12.5. The molecule has 3 unspecified atom stereocenters. The molecule has 7 nitrogen and oxygen atoms in total. The maximum absolute atomic E-state index is 13.5. The smallest absolute Gasteiger partial charge is 0.251 e. The van der Waals surface area contributed by atoms with Gasteiger partial charge in [-0.3, -0.25) is 19.4 Å². The quantitative estimate of drug-likeness (QED) is 0.562. The molecule has 1 saturated carbocycles. The van der Waals surface area contributed by atoms with Gasteiger partial charge in [-0.2, -0.15) is 0 Å². The molecule has 3 atom stereocenters. The third-order valence-electron chi connectivity index (χ3n) is 7.48. The van der Waals surface area contributed by atoms with Crippen LogP contribution >= 0.6 is 23.8 Å². The Bertz CT molecular complexity index is 1120. The molecule has 0 aromatic heterocycles. The van der Waals surface area contributed by atoms with E-state index in [1.54, 1.807) is 23.1 Å². The number of ether oxygens (including phenoxy) is 1. The zero-order chi connectivity index (χ0) is 25.1. The molecular weight excluding hydrogens is 496 g/mol. The van der Waals surface area contributed by atoms with Gasteiger partial charge in [0, 0.05) is 42.3 Å². The second-order valence-corrected chi connectivity index (χ2v) is 10.5. The van der Waals surface area contributed by atoms with Crippen molar-refractivity contribution in [1.82, 2.24) is 20.4 Å². The summed E-state index contributed by atoms with van der Waals surface area (Å²) < 4.78 is 5.50. The molecule has 190 valence electrons. The van der Waals surface area contributed by atoms with Gasteiger partial charge in [0.2, 0.25) is 5.91 Å². The Morgan fingerprint density at radius 2 is 1.86 bits per heavy atom. The summed E-state index contributed by atoms with van der Waals surface area (Å²) in [7, 11) is 0. The molecule has 2 aromatic rings. The number of morpholine rings is 1. The van der Waals surface area contributed by atoms with Gasteiger partial charge in [0.25, 0.3) is 5.91 Å². The highest BCUT2D eigenvalue weighted by Gasteiger charge is 2.44. The Morgan fingerprint density at radius 1 is 1.11 bits per heavy atom. The molecule has 9 heteroatoms. The summed E-state index contributed by atoms with van der Waals surface area (Å²) in [5.74, 6) is -0.150. The average molecular weight is 527 g/mol. The van der Waals surface area contributed by atoms with Gasteiger partial charge in [-0.1, -0.05) is 41.9 Å². The molecule has 2 heterocycles. The number of nitrogens with zero attached hydrogens (tertiary/aromatic N) is 2. The van der Waals surface area contributed by atoms with E-state index < -0.39 is 0 Å². The number of carbonyl (C=O) groups excluding carboxylic acids is 2. The van der Waals surface area contributed by atoms with E-state index in [0.717, 1.165) is 56.7 Å². The highest BCUT2D eigenvalue weighted by atomic mass is 35.5. The van der Waals surface area contributed by atoms with Crippen LogP contribution in [0.1, 0.15) is 40.7 Å². The number of thiocarbonyl (C=S) groups is 1. The highest BCUT2D eigenvalue weighted by molar-refractivity contribution is 7.80. The standard InChI is InChI=1S/C27H31ClN4O3S/c28-23-4-2-1-3-20(23)16-29-25(33)19-7-5-18(6-8-19)17-32-26(34)22-15-21(31-11-13-35-14-12-31)9-10-24(22)30-27(32)36/h1-8,21-22,24H,9-17H2,(H,29,33)(H,30,36). The molecule has 0 bridgehead atoms. The van der Waals surface area contributed by atoms with Crippen molar-refractivity contribution < 1.29 is 14.3 Å². The summed E-state index contributed by atoms with van der Waals surface area (Å²) in [6, 6.07) is 15.3. The Labute approximate surface area is 222 Å². The van der Waals surface area contributed by atoms with Crippen molar-refractivity contribution in [3.8, 4) is 0 Å². The number of carbonyl (C=O) groups is 2. The van der Waals surface area contributed by atoms with E-state index >= 15 is 0 Å².